The van der Waals surface area contributed by atoms with Gasteiger partial charge in [-0.25, -0.2) is 4.98 Å². The summed E-state index contributed by atoms with van der Waals surface area (Å²) in [6.07, 6.45) is 8.44. The van der Waals surface area contributed by atoms with Crippen molar-refractivity contribution in [3.05, 3.63) is 48.5 Å². The maximum Gasteiger partial charge on any atom is 0.0949 e. The molecule has 3 nitrogen and oxygen atoms in total. The fourth-order valence-electron chi connectivity index (χ4n) is 1.95. The van der Waals surface area contributed by atoms with Gasteiger partial charge >= 0.3 is 0 Å². The largest absolute Gasteiger partial charge is 0.385 e. The lowest BCUT2D eigenvalue weighted by Gasteiger charge is -2.08. The number of rotatable bonds is 5. The van der Waals surface area contributed by atoms with E-state index in [4.69, 9.17) is 0 Å². The second-order valence-electron chi connectivity index (χ2n) is 4.76. The highest BCUT2D eigenvalue weighted by atomic mass is 15.0. The van der Waals surface area contributed by atoms with Crippen LogP contribution in [0.15, 0.2) is 43.0 Å². The third kappa shape index (κ3) is 2.87. The van der Waals surface area contributed by atoms with Crippen molar-refractivity contribution >= 4 is 5.69 Å². The normalized spacial score (nSPS) is 14.8. The fraction of sp³-hybridized carbons (Fsp3) is 0.357. The van der Waals surface area contributed by atoms with Crippen molar-refractivity contribution in [2.45, 2.75) is 19.4 Å². The number of nitrogens with one attached hydrogen (secondary N) is 1. The van der Waals surface area contributed by atoms with Crippen molar-refractivity contribution in [3.63, 3.8) is 0 Å². The van der Waals surface area contributed by atoms with Gasteiger partial charge in [0.15, 0.2) is 0 Å². The molecule has 0 saturated heterocycles. The van der Waals surface area contributed by atoms with Gasteiger partial charge < -0.3 is 9.88 Å². The summed E-state index contributed by atoms with van der Waals surface area (Å²) < 4.78 is 2.08. The molecule has 0 radical (unpaired) electrons. The van der Waals surface area contributed by atoms with Gasteiger partial charge in [0, 0.05) is 31.2 Å². The Morgan fingerprint density at radius 2 is 2.29 bits per heavy atom. The molecule has 1 aliphatic carbocycles. The number of aromatic nitrogens is 2. The van der Waals surface area contributed by atoms with Crippen molar-refractivity contribution in [1.29, 1.82) is 0 Å². The van der Waals surface area contributed by atoms with Crippen LogP contribution in [0.5, 0.6) is 0 Å². The Morgan fingerprint density at radius 1 is 1.35 bits per heavy atom. The van der Waals surface area contributed by atoms with E-state index in [2.05, 4.69) is 39.1 Å². The molecule has 1 saturated carbocycles. The average molecular weight is 227 g/mol. The Morgan fingerprint density at radius 3 is 3.06 bits per heavy atom. The van der Waals surface area contributed by atoms with Gasteiger partial charge in [0.2, 0.25) is 0 Å². The average Bonchev–Trinajstić information content (AvgIpc) is 3.05. The van der Waals surface area contributed by atoms with E-state index in [-0.39, 0.29) is 0 Å². The first-order valence-corrected chi connectivity index (χ1v) is 6.19. The number of nitrogens with zero attached hydrogens (tertiary/aromatic N) is 2. The van der Waals surface area contributed by atoms with Crippen molar-refractivity contribution in [3.8, 4) is 0 Å². The van der Waals surface area contributed by atoms with E-state index < -0.39 is 0 Å². The van der Waals surface area contributed by atoms with E-state index in [0.717, 1.165) is 19.0 Å². The lowest BCUT2D eigenvalue weighted by Crippen LogP contribution is -2.04. The highest BCUT2D eigenvalue weighted by Crippen LogP contribution is 2.29. The summed E-state index contributed by atoms with van der Waals surface area (Å²) in [7, 11) is 0. The lowest BCUT2D eigenvalue weighted by molar-refractivity contribution is 0.797. The summed E-state index contributed by atoms with van der Waals surface area (Å²) in [6.45, 7) is 2.01. The van der Waals surface area contributed by atoms with Crippen LogP contribution in [0.25, 0.3) is 0 Å². The Kier molecular flexibility index (Phi) is 2.82. The van der Waals surface area contributed by atoms with Crippen LogP contribution < -0.4 is 5.32 Å². The van der Waals surface area contributed by atoms with Crippen molar-refractivity contribution in [2.24, 2.45) is 5.92 Å². The molecule has 1 aromatic heterocycles. The molecular weight excluding hydrogens is 210 g/mol. The number of hydrogen-bond acceptors (Lipinski definition) is 2. The summed E-state index contributed by atoms with van der Waals surface area (Å²) in [5, 5.41) is 3.50. The van der Waals surface area contributed by atoms with Crippen molar-refractivity contribution in [1.82, 2.24) is 9.55 Å². The molecule has 3 rings (SSSR count). The van der Waals surface area contributed by atoms with Crippen LogP contribution in [-0.2, 0) is 6.54 Å². The topological polar surface area (TPSA) is 29.9 Å². The van der Waals surface area contributed by atoms with Gasteiger partial charge in [-0.2, -0.15) is 0 Å². The molecular formula is C14H17N3. The van der Waals surface area contributed by atoms with Crippen LogP contribution in [0.2, 0.25) is 0 Å². The van der Waals surface area contributed by atoms with Gasteiger partial charge in [0.1, 0.15) is 0 Å². The smallest absolute Gasteiger partial charge is 0.0949 e. The summed E-state index contributed by atoms with van der Waals surface area (Å²) in [4.78, 5) is 4.06. The number of benzene rings is 1. The van der Waals surface area contributed by atoms with Crippen molar-refractivity contribution in [2.75, 3.05) is 11.9 Å². The summed E-state index contributed by atoms with van der Waals surface area (Å²) in [5.41, 5.74) is 2.54. The molecule has 1 N–H and O–H groups in total. The maximum absolute atomic E-state index is 4.06. The monoisotopic (exact) mass is 227 g/mol. The molecule has 2 aromatic rings. The standard InChI is InChI=1S/C14H17N3/c1-2-13(10-17-7-6-15-11-17)8-14(3-1)16-9-12-4-5-12/h1-3,6-8,11-12,16H,4-5,9-10H2. The Bertz CT molecular complexity index is 472. The fourth-order valence-corrected chi connectivity index (χ4v) is 1.95. The minimum atomic E-state index is 0.888. The Hall–Kier alpha value is -1.77. The second kappa shape index (κ2) is 4.62. The molecule has 0 bridgehead atoms. The zero-order valence-electron chi connectivity index (χ0n) is 9.84. The molecule has 3 heteroatoms. The second-order valence-corrected chi connectivity index (χ2v) is 4.76. The number of anilines is 1. The van der Waals surface area contributed by atoms with Crippen LogP contribution in [0.4, 0.5) is 5.69 Å². The highest BCUT2D eigenvalue weighted by molar-refractivity contribution is 5.45. The van der Waals surface area contributed by atoms with E-state index in [9.17, 15) is 0 Å². The molecule has 17 heavy (non-hydrogen) atoms. The lowest BCUT2D eigenvalue weighted by atomic mass is 10.2. The summed E-state index contributed by atoms with van der Waals surface area (Å²) in [6, 6.07) is 8.63. The predicted molar refractivity (Wildman–Crippen MR) is 69.0 cm³/mol. The molecule has 0 atom stereocenters. The third-order valence-corrected chi connectivity index (χ3v) is 3.14. The van der Waals surface area contributed by atoms with E-state index in [1.54, 1.807) is 0 Å². The summed E-state index contributed by atoms with van der Waals surface area (Å²) in [5.74, 6) is 0.910. The molecule has 0 unspecified atom stereocenters. The number of hydrogen-bond donors (Lipinski definition) is 1. The van der Waals surface area contributed by atoms with Gasteiger partial charge in [0.05, 0.1) is 6.33 Å². The molecule has 0 spiro atoms. The van der Waals surface area contributed by atoms with E-state index in [1.165, 1.54) is 24.1 Å². The molecule has 0 aliphatic heterocycles. The van der Waals surface area contributed by atoms with Gasteiger partial charge in [0.25, 0.3) is 0 Å². The molecule has 1 fully saturated rings. The predicted octanol–water partition coefficient (Wildman–Crippen LogP) is 2.75. The van der Waals surface area contributed by atoms with E-state index >= 15 is 0 Å². The molecule has 0 amide bonds. The summed E-state index contributed by atoms with van der Waals surface area (Å²) >= 11 is 0. The van der Waals surface area contributed by atoms with Crippen LogP contribution in [-0.4, -0.2) is 16.1 Å². The molecule has 1 aromatic carbocycles. The van der Waals surface area contributed by atoms with E-state index in [1.807, 2.05) is 18.7 Å². The van der Waals surface area contributed by atoms with Crippen LogP contribution in [0.3, 0.4) is 0 Å². The van der Waals surface area contributed by atoms with Crippen molar-refractivity contribution < 1.29 is 0 Å². The number of imidazole rings is 1. The molecule has 1 aliphatic rings. The molecule has 1 heterocycles. The van der Waals surface area contributed by atoms with Crippen LogP contribution in [0.1, 0.15) is 18.4 Å². The third-order valence-electron chi connectivity index (χ3n) is 3.14. The van der Waals surface area contributed by atoms with Crippen LogP contribution in [0, 0.1) is 5.92 Å². The Balaban J connectivity index is 1.65. The zero-order valence-corrected chi connectivity index (χ0v) is 9.84. The van der Waals surface area contributed by atoms with Gasteiger partial charge in [-0.1, -0.05) is 12.1 Å². The van der Waals surface area contributed by atoms with Gasteiger partial charge in [-0.15, -0.1) is 0 Å². The zero-order chi connectivity index (χ0) is 11.5. The molecule has 88 valence electrons. The SMILES string of the molecule is c1cc(Cn2ccnc2)cc(NCC2CC2)c1. The highest BCUT2D eigenvalue weighted by Gasteiger charge is 2.20. The first kappa shape index (κ1) is 10.4. The first-order chi connectivity index (χ1) is 8.40. The minimum Gasteiger partial charge on any atom is -0.385 e. The maximum atomic E-state index is 4.06. The van der Waals surface area contributed by atoms with E-state index in [0.29, 0.717) is 0 Å². The van der Waals surface area contributed by atoms with Crippen LogP contribution >= 0.6 is 0 Å². The van der Waals surface area contributed by atoms with Gasteiger partial charge in [-0.3, -0.25) is 0 Å². The first-order valence-electron chi connectivity index (χ1n) is 6.19. The quantitative estimate of drug-likeness (QED) is 0.851. The minimum absolute atomic E-state index is 0.888. The Labute approximate surface area is 101 Å². The van der Waals surface area contributed by atoms with Gasteiger partial charge in [-0.05, 0) is 36.5 Å².